The molecule has 1 aromatic heterocycles. The van der Waals surface area contributed by atoms with Gasteiger partial charge in [0.25, 0.3) is 0 Å². The van der Waals surface area contributed by atoms with E-state index in [1.165, 1.54) is 0 Å². The summed E-state index contributed by atoms with van der Waals surface area (Å²) in [4.78, 5) is 3.61. The fraction of sp³-hybridized carbons (Fsp3) is 0.500. The number of pyridine rings is 1. The van der Waals surface area contributed by atoms with Crippen LogP contribution in [0.3, 0.4) is 0 Å². The van der Waals surface area contributed by atoms with E-state index in [1.807, 2.05) is 0 Å². The maximum absolute atomic E-state index is 13.0. The van der Waals surface area contributed by atoms with E-state index in [0.717, 1.165) is 31.5 Å². The van der Waals surface area contributed by atoms with E-state index in [9.17, 15) is 8.78 Å². The van der Waals surface area contributed by atoms with Crippen molar-refractivity contribution in [3.05, 3.63) is 23.9 Å². The van der Waals surface area contributed by atoms with Gasteiger partial charge in [-0.15, -0.1) is 11.6 Å². The van der Waals surface area contributed by atoms with E-state index >= 15 is 0 Å². The normalized spacial score (nSPS) is 10.3. The van der Waals surface area contributed by atoms with Gasteiger partial charge < -0.3 is 5.32 Å². The van der Waals surface area contributed by atoms with Gasteiger partial charge in [-0.1, -0.05) is 6.42 Å². The maximum Gasteiger partial charge on any atom is 0.168 e. The van der Waals surface area contributed by atoms with Crippen molar-refractivity contribution in [3.63, 3.8) is 0 Å². The lowest BCUT2D eigenvalue weighted by molar-refractivity contribution is 0.575. The second-order valence-corrected chi connectivity index (χ2v) is 3.54. The van der Waals surface area contributed by atoms with Crippen molar-refractivity contribution in [1.29, 1.82) is 0 Å². The summed E-state index contributed by atoms with van der Waals surface area (Å²) in [6.07, 6.45) is 3.82. The number of unbranched alkanes of at least 4 members (excludes halogenated alkanes) is 2. The van der Waals surface area contributed by atoms with Crippen LogP contribution in [0.2, 0.25) is 0 Å². The van der Waals surface area contributed by atoms with E-state index < -0.39 is 11.6 Å². The molecule has 0 unspecified atom stereocenters. The number of halogens is 3. The second-order valence-electron chi connectivity index (χ2n) is 3.16. The SMILES string of the molecule is Fc1cnc(NCCCCCCl)c(F)c1. The van der Waals surface area contributed by atoms with Gasteiger partial charge in [0.15, 0.2) is 11.6 Å². The molecule has 0 spiro atoms. The second kappa shape index (κ2) is 6.56. The standard InChI is InChI=1S/C10H13ClF2N2/c11-4-2-1-3-5-14-10-9(13)6-8(12)7-15-10/h6-7H,1-5H2,(H,14,15). The zero-order valence-corrected chi connectivity index (χ0v) is 9.03. The molecule has 0 radical (unpaired) electrons. The summed E-state index contributed by atoms with van der Waals surface area (Å²) < 4.78 is 25.5. The van der Waals surface area contributed by atoms with Gasteiger partial charge in [-0.25, -0.2) is 13.8 Å². The molecule has 0 aliphatic carbocycles. The van der Waals surface area contributed by atoms with Crippen LogP contribution < -0.4 is 5.32 Å². The average molecular weight is 235 g/mol. The summed E-state index contributed by atoms with van der Waals surface area (Å²) in [5.74, 6) is -0.585. The fourth-order valence-electron chi connectivity index (χ4n) is 1.15. The van der Waals surface area contributed by atoms with Crippen molar-refractivity contribution in [2.24, 2.45) is 0 Å². The molecule has 0 aliphatic heterocycles. The van der Waals surface area contributed by atoms with Gasteiger partial charge in [-0.2, -0.15) is 0 Å². The quantitative estimate of drug-likeness (QED) is 0.604. The Bertz CT molecular complexity index is 307. The minimum Gasteiger partial charge on any atom is -0.368 e. The molecule has 1 heterocycles. The van der Waals surface area contributed by atoms with E-state index in [2.05, 4.69) is 10.3 Å². The van der Waals surface area contributed by atoms with Crippen LogP contribution in [0.25, 0.3) is 0 Å². The summed E-state index contributed by atoms with van der Waals surface area (Å²) in [6.45, 7) is 0.618. The molecule has 5 heteroatoms. The lowest BCUT2D eigenvalue weighted by atomic mass is 10.2. The van der Waals surface area contributed by atoms with E-state index in [1.54, 1.807) is 0 Å². The molecule has 1 N–H and O–H groups in total. The van der Waals surface area contributed by atoms with Gasteiger partial charge in [0.05, 0.1) is 6.20 Å². The number of anilines is 1. The molecule has 0 aliphatic rings. The molecule has 0 aromatic carbocycles. The van der Waals surface area contributed by atoms with Crippen molar-refractivity contribution in [2.45, 2.75) is 19.3 Å². The zero-order valence-electron chi connectivity index (χ0n) is 8.27. The summed E-state index contributed by atoms with van der Waals surface area (Å²) in [5.41, 5.74) is 0. The Kier molecular flexibility index (Phi) is 5.32. The van der Waals surface area contributed by atoms with Gasteiger partial charge in [0, 0.05) is 18.5 Å². The number of aromatic nitrogens is 1. The Morgan fingerprint density at radius 3 is 2.73 bits per heavy atom. The molecule has 0 amide bonds. The summed E-state index contributed by atoms with van der Waals surface area (Å²) in [5, 5.41) is 2.80. The van der Waals surface area contributed by atoms with Crippen LogP contribution in [0, 0.1) is 11.6 Å². The topological polar surface area (TPSA) is 24.9 Å². The van der Waals surface area contributed by atoms with Gasteiger partial charge >= 0.3 is 0 Å². The summed E-state index contributed by atoms with van der Waals surface area (Å²) in [6, 6.07) is 0.814. The first-order valence-corrected chi connectivity index (χ1v) is 5.38. The summed E-state index contributed by atoms with van der Waals surface area (Å²) >= 11 is 5.51. The zero-order chi connectivity index (χ0) is 11.1. The number of hydrogen-bond donors (Lipinski definition) is 1. The van der Waals surface area contributed by atoms with Gasteiger partial charge in [0.2, 0.25) is 0 Å². The molecule has 0 saturated carbocycles. The molecule has 1 rings (SSSR count). The Morgan fingerprint density at radius 1 is 1.27 bits per heavy atom. The first-order chi connectivity index (χ1) is 7.24. The molecule has 2 nitrogen and oxygen atoms in total. The monoisotopic (exact) mass is 234 g/mol. The Hall–Kier alpha value is -0.900. The predicted octanol–water partition coefficient (Wildman–Crippen LogP) is 3.18. The van der Waals surface area contributed by atoms with Crippen LogP contribution in [0.4, 0.5) is 14.6 Å². The third-order valence-electron chi connectivity index (χ3n) is 1.91. The molecular formula is C10H13ClF2N2. The first-order valence-electron chi connectivity index (χ1n) is 4.85. The highest BCUT2D eigenvalue weighted by Crippen LogP contribution is 2.11. The molecule has 0 saturated heterocycles. The lowest BCUT2D eigenvalue weighted by Crippen LogP contribution is -2.05. The first kappa shape index (κ1) is 12.2. The van der Waals surface area contributed by atoms with Crippen LogP contribution in [0.5, 0.6) is 0 Å². The van der Waals surface area contributed by atoms with E-state index in [0.29, 0.717) is 12.4 Å². The van der Waals surface area contributed by atoms with Crippen LogP contribution in [-0.4, -0.2) is 17.4 Å². The van der Waals surface area contributed by atoms with Gasteiger partial charge in [-0.05, 0) is 12.8 Å². The van der Waals surface area contributed by atoms with Crippen molar-refractivity contribution >= 4 is 17.4 Å². The Balaban J connectivity index is 2.31. The van der Waals surface area contributed by atoms with E-state index in [4.69, 9.17) is 11.6 Å². The maximum atomic E-state index is 13.0. The summed E-state index contributed by atoms with van der Waals surface area (Å²) in [7, 11) is 0. The van der Waals surface area contributed by atoms with Crippen LogP contribution >= 0.6 is 11.6 Å². The number of nitrogens with one attached hydrogen (secondary N) is 1. The average Bonchev–Trinajstić information content (AvgIpc) is 2.20. The molecule has 0 bridgehead atoms. The minimum atomic E-state index is -0.666. The largest absolute Gasteiger partial charge is 0.368 e. The van der Waals surface area contributed by atoms with Crippen LogP contribution in [-0.2, 0) is 0 Å². The number of hydrogen-bond acceptors (Lipinski definition) is 2. The third kappa shape index (κ3) is 4.42. The van der Waals surface area contributed by atoms with E-state index in [-0.39, 0.29) is 5.82 Å². The number of alkyl halides is 1. The highest BCUT2D eigenvalue weighted by atomic mass is 35.5. The van der Waals surface area contributed by atoms with Crippen LogP contribution in [0.1, 0.15) is 19.3 Å². The Labute approximate surface area is 92.7 Å². The molecule has 84 valence electrons. The van der Waals surface area contributed by atoms with Crippen LogP contribution in [0.15, 0.2) is 12.3 Å². The Morgan fingerprint density at radius 2 is 2.07 bits per heavy atom. The smallest absolute Gasteiger partial charge is 0.168 e. The molecule has 15 heavy (non-hydrogen) atoms. The van der Waals surface area contributed by atoms with Crippen molar-refractivity contribution < 1.29 is 8.78 Å². The molecular weight excluding hydrogens is 222 g/mol. The molecule has 0 atom stereocenters. The van der Waals surface area contributed by atoms with Gasteiger partial charge in [-0.3, -0.25) is 0 Å². The fourth-order valence-corrected chi connectivity index (χ4v) is 1.34. The predicted molar refractivity (Wildman–Crippen MR) is 57.2 cm³/mol. The lowest BCUT2D eigenvalue weighted by Gasteiger charge is -2.05. The van der Waals surface area contributed by atoms with Crippen molar-refractivity contribution in [2.75, 3.05) is 17.7 Å². The molecule has 1 aromatic rings. The third-order valence-corrected chi connectivity index (χ3v) is 2.18. The molecule has 0 fully saturated rings. The number of rotatable bonds is 6. The van der Waals surface area contributed by atoms with Gasteiger partial charge in [0.1, 0.15) is 5.82 Å². The number of nitrogens with zero attached hydrogens (tertiary/aromatic N) is 1. The highest BCUT2D eigenvalue weighted by Gasteiger charge is 2.03. The van der Waals surface area contributed by atoms with Crippen molar-refractivity contribution in [3.8, 4) is 0 Å². The minimum absolute atomic E-state index is 0.0993. The highest BCUT2D eigenvalue weighted by molar-refractivity contribution is 6.17. The van der Waals surface area contributed by atoms with Crippen molar-refractivity contribution in [1.82, 2.24) is 4.98 Å².